The van der Waals surface area contributed by atoms with Crippen LogP contribution in [0.3, 0.4) is 0 Å². The third-order valence-electron chi connectivity index (χ3n) is 4.67. The molecule has 1 aliphatic heterocycles. The molecule has 0 radical (unpaired) electrons. The number of amides is 2. The fourth-order valence-electron chi connectivity index (χ4n) is 3.15. The number of nitrogens with zero attached hydrogens (tertiary/aromatic N) is 2. The largest absolute Gasteiger partial charge is 0.495 e. The molecule has 0 aliphatic carbocycles. The number of nitrogens with one attached hydrogen (secondary N) is 1. The van der Waals surface area contributed by atoms with E-state index in [2.05, 4.69) is 5.32 Å². The molecule has 2 heterocycles. The zero-order valence-electron chi connectivity index (χ0n) is 16.6. The molecule has 11 heteroatoms. The van der Waals surface area contributed by atoms with Crippen molar-refractivity contribution in [3.8, 4) is 5.75 Å². The number of hydrogen-bond acceptors (Lipinski definition) is 6. The fraction of sp³-hybridized carbons (Fsp3) is 0.368. The van der Waals surface area contributed by atoms with Crippen molar-refractivity contribution in [2.24, 2.45) is 0 Å². The van der Waals surface area contributed by atoms with Gasteiger partial charge in [0, 0.05) is 25.2 Å². The van der Waals surface area contributed by atoms with E-state index >= 15 is 0 Å². The molecular weight excluding hydrogens is 450 g/mol. The van der Waals surface area contributed by atoms with Crippen molar-refractivity contribution < 1.29 is 22.7 Å². The fourth-order valence-corrected chi connectivity index (χ4v) is 6.23. The summed E-state index contributed by atoms with van der Waals surface area (Å²) in [6, 6.07) is 6.23. The molecule has 1 aromatic carbocycles. The normalized spacial score (nSPS) is 14.5. The molecule has 2 amide bonds. The molecule has 1 saturated heterocycles. The van der Waals surface area contributed by atoms with Crippen molar-refractivity contribution in [2.45, 2.75) is 17.7 Å². The maximum Gasteiger partial charge on any atom is 0.265 e. The summed E-state index contributed by atoms with van der Waals surface area (Å²) in [5.74, 6) is -0.568. The predicted molar refractivity (Wildman–Crippen MR) is 116 cm³/mol. The number of sulfonamides is 1. The molecule has 0 atom stereocenters. The van der Waals surface area contributed by atoms with Gasteiger partial charge in [0.1, 0.15) is 15.5 Å². The standard InChI is InChI=1S/C19H22ClN3O5S2/c1-22(12-17(24)21-14-11-13(20)5-6-15(14)28-2)19(25)18-16(7-10-29-18)30(26,27)23-8-3-4-9-23/h5-7,10-11H,3-4,8-9,12H2,1-2H3,(H,21,24). The highest BCUT2D eigenvalue weighted by Gasteiger charge is 2.32. The number of likely N-dealkylation sites (N-methyl/N-ethyl adjacent to an activating group) is 1. The highest BCUT2D eigenvalue weighted by atomic mass is 35.5. The van der Waals surface area contributed by atoms with Crippen molar-refractivity contribution in [1.29, 1.82) is 0 Å². The molecule has 3 rings (SSSR count). The number of carbonyl (C=O) groups is 2. The Morgan fingerprint density at radius 2 is 1.97 bits per heavy atom. The van der Waals surface area contributed by atoms with E-state index < -0.39 is 21.8 Å². The maximum atomic E-state index is 12.9. The average Bonchev–Trinajstić information content (AvgIpc) is 3.40. The Kier molecular flexibility index (Phi) is 7.02. The summed E-state index contributed by atoms with van der Waals surface area (Å²) < 4.78 is 32.3. The summed E-state index contributed by atoms with van der Waals surface area (Å²) in [5.41, 5.74) is 0.379. The lowest BCUT2D eigenvalue weighted by Crippen LogP contribution is -2.36. The molecular formula is C19H22ClN3O5S2. The molecule has 1 aromatic heterocycles. The van der Waals surface area contributed by atoms with Crippen molar-refractivity contribution in [3.63, 3.8) is 0 Å². The molecule has 1 N–H and O–H groups in total. The number of thiophene rings is 1. The minimum atomic E-state index is -3.73. The minimum absolute atomic E-state index is 0.0110. The molecule has 0 unspecified atom stereocenters. The molecule has 1 fully saturated rings. The molecule has 0 spiro atoms. The molecule has 0 bridgehead atoms. The minimum Gasteiger partial charge on any atom is -0.495 e. The number of rotatable bonds is 7. The van der Waals surface area contributed by atoms with Crippen LogP contribution in [0.15, 0.2) is 34.5 Å². The van der Waals surface area contributed by atoms with Gasteiger partial charge in [-0.15, -0.1) is 11.3 Å². The van der Waals surface area contributed by atoms with E-state index in [1.54, 1.807) is 23.6 Å². The number of carbonyl (C=O) groups excluding carboxylic acids is 2. The second-order valence-electron chi connectivity index (χ2n) is 6.78. The van der Waals surface area contributed by atoms with E-state index in [0.717, 1.165) is 24.2 Å². The third kappa shape index (κ3) is 4.77. The highest BCUT2D eigenvalue weighted by molar-refractivity contribution is 7.89. The van der Waals surface area contributed by atoms with E-state index in [0.29, 0.717) is 29.5 Å². The van der Waals surface area contributed by atoms with Crippen LogP contribution in [0.4, 0.5) is 5.69 Å². The first-order chi connectivity index (χ1) is 14.2. The number of anilines is 1. The maximum absolute atomic E-state index is 12.9. The Hall–Kier alpha value is -2.14. The van der Waals surface area contributed by atoms with Crippen LogP contribution >= 0.6 is 22.9 Å². The number of methoxy groups -OCH3 is 1. The van der Waals surface area contributed by atoms with Gasteiger partial charge in [-0.05, 0) is 42.5 Å². The zero-order valence-corrected chi connectivity index (χ0v) is 18.9. The molecule has 8 nitrogen and oxygen atoms in total. The Morgan fingerprint density at radius 1 is 1.27 bits per heavy atom. The van der Waals surface area contributed by atoms with E-state index in [1.807, 2.05) is 0 Å². The van der Waals surface area contributed by atoms with Gasteiger partial charge in [-0.25, -0.2) is 8.42 Å². The van der Waals surface area contributed by atoms with Crippen LogP contribution in [0.2, 0.25) is 5.02 Å². The third-order valence-corrected chi connectivity index (χ3v) is 7.88. The van der Waals surface area contributed by atoms with Gasteiger partial charge < -0.3 is 15.0 Å². The quantitative estimate of drug-likeness (QED) is 0.669. The smallest absolute Gasteiger partial charge is 0.265 e. The number of benzene rings is 1. The average molecular weight is 472 g/mol. The van der Waals surface area contributed by atoms with E-state index in [-0.39, 0.29) is 16.3 Å². The SMILES string of the molecule is COc1ccc(Cl)cc1NC(=O)CN(C)C(=O)c1sccc1S(=O)(=O)N1CCCC1. The molecule has 0 saturated carbocycles. The van der Waals surface area contributed by atoms with Gasteiger partial charge in [0.25, 0.3) is 5.91 Å². The van der Waals surface area contributed by atoms with Gasteiger partial charge in [-0.1, -0.05) is 11.6 Å². The monoisotopic (exact) mass is 471 g/mol. The topological polar surface area (TPSA) is 96.0 Å². The summed E-state index contributed by atoms with van der Waals surface area (Å²) >= 11 is 7.01. The summed E-state index contributed by atoms with van der Waals surface area (Å²) in [6.07, 6.45) is 1.61. The van der Waals surface area contributed by atoms with Gasteiger partial charge >= 0.3 is 0 Å². The van der Waals surface area contributed by atoms with Crippen LogP contribution in [0, 0.1) is 0 Å². The predicted octanol–water partition coefficient (Wildman–Crippen LogP) is 2.91. The molecule has 162 valence electrons. The number of halogens is 1. The van der Waals surface area contributed by atoms with Gasteiger partial charge in [0.15, 0.2) is 0 Å². The van der Waals surface area contributed by atoms with Crippen LogP contribution < -0.4 is 10.1 Å². The lowest BCUT2D eigenvalue weighted by atomic mass is 10.3. The van der Waals surface area contributed by atoms with Crippen molar-refractivity contribution in [1.82, 2.24) is 9.21 Å². The molecule has 30 heavy (non-hydrogen) atoms. The van der Waals surface area contributed by atoms with Gasteiger partial charge in [-0.2, -0.15) is 4.31 Å². The lowest BCUT2D eigenvalue weighted by Gasteiger charge is -2.19. The second kappa shape index (κ2) is 9.34. The summed E-state index contributed by atoms with van der Waals surface area (Å²) in [7, 11) is -0.817. The Balaban J connectivity index is 1.72. The lowest BCUT2D eigenvalue weighted by molar-refractivity contribution is -0.116. The summed E-state index contributed by atoms with van der Waals surface area (Å²) in [4.78, 5) is 26.6. The van der Waals surface area contributed by atoms with Crippen molar-refractivity contribution >= 4 is 50.5 Å². The van der Waals surface area contributed by atoms with Crippen LogP contribution in [0.5, 0.6) is 5.75 Å². The van der Waals surface area contributed by atoms with E-state index in [1.165, 1.54) is 29.4 Å². The van der Waals surface area contributed by atoms with Crippen LogP contribution in [-0.4, -0.2) is 63.2 Å². The van der Waals surface area contributed by atoms with Gasteiger partial charge in [-0.3, -0.25) is 9.59 Å². The first-order valence-corrected chi connectivity index (χ1v) is 11.9. The Labute approximate surface area is 184 Å². The van der Waals surface area contributed by atoms with E-state index in [9.17, 15) is 18.0 Å². The molecule has 1 aliphatic rings. The first-order valence-electron chi connectivity index (χ1n) is 9.20. The van der Waals surface area contributed by atoms with Gasteiger partial charge in [0.05, 0.1) is 19.3 Å². The van der Waals surface area contributed by atoms with E-state index in [4.69, 9.17) is 16.3 Å². The number of hydrogen-bond donors (Lipinski definition) is 1. The molecule has 2 aromatic rings. The number of ether oxygens (including phenoxy) is 1. The Bertz CT molecular complexity index is 1050. The Morgan fingerprint density at radius 3 is 2.63 bits per heavy atom. The highest BCUT2D eigenvalue weighted by Crippen LogP contribution is 2.29. The van der Waals surface area contributed by atoms with Gasteiger partial charge in [0.2, 0.25) is 15.9 Å². The van der Waals surface area contributed by atoms with Crippen LogP contribution in [0.25, 0.3) is 0 Å². The first kappa shape index (κ1) is 22.5. The zero-order chi connectivity index (χ0) is 21.9. The van der Waals surface area contributed by atoms with Crippen LogP contribution in [-0.2, 0) is 14.8 Å². The second-order valence-corrected chi connectivity index (χ2v) is 10.0. The van der Waals surface area contributed by atoms with Crippen molar-refractivity contribution in [2.75, 3.05) is 39.1 Å². The van der Waals surface area contributed by atoms with Crippen molar-refractivity contribution in [3.05, 3.63) is 39.5 Å². The van der Waals surface area contributed by atoms with Crippen LogP contribution in [0.1, 0.15) is 22.5 Å². The summed E-state index contributed by atoms with van der Waals surface area (Å²) in [5, 5.41) is 4.65. The summed E-state index contributed by atoms with van der Waals surface area (Å²) in [6.45, 7) is 0.632.